The molecule has 0 aromatic heterocycles. The Morgan fingerprint density at radius 1 is 1.21 bits per heavy atom. The van der Waals surface area contributed by atoms with E-state index in [9.17, 15) is 9.18 Å². The number of para-hydroxylation sites is 1. The molecule has 1 amide bonds. The molecule has 0 bridgehead atoms. The van der Waals surface area contributed by atoms with Crippen molar-refractivity contribution in [2.45, 2.75) is 6.42 Å². The van der Waals surface area contributed by atoms with Gasteiger partial charge in [-0.1, -0.05) is 29.8 Å². The van der Waals surface area contributed by atoms with E-state index < -0.39 is 5.82 Å². The Kier molecular flexibility index (Phi) is 4.76. The molecule has 0 atom stereocenters. The molecular weight excluding hydrogens is 380 g/mol. The normalized spacial score (nSPS) is 10.3. The average Bonchev–Trinajstić information content (AvgIpc) is 2.37. The second-order valence-electron chi connectivity index (χ2n) is 3.91. The minimum Gasteiger partial charge on any atom is -0.325 e. The molecule has 0 spiro atoms. The van der Waals surface area contributed by atoms with Gasteiger partial charge in [0.15, 0.2) is 0 Å². The highest BCUT2D eigenvalue weighted by atomic mass is 127. The van der Waals surface area contributed by atoms with Crippen LogP contribution < -0.4 is 5.32 Å². The first-order valence-corrected chi connectivity index (χ1v) is 7.01. The van der Waals surface area contributed by atoms with Crippen molar-refractivity contribution in [2.24, 2.45) is 0 Å². The number of nitrogens with one attached hydrogen (secondary N) is 1. The van der Waals surface area contributed by atoms with Crippen LogP contribution in [-0.4, -0.2) is 5.91 Å². The Balaban J connectivity index is 2.12. The zero-order chi connectivity index (χ0) is 13.8. The van der Waals surface area contributed by atoms with Crippen molar-refractivity contribution in [3.8, 4) is 0 Å². The lowest BCUT2D eigenvalue weighted by Gasteiger charge is -2.08. The predicted octanol–water partition coefficient (Wildman–Crippen LogP) is 4.26. The predicted molar refractivity (Wildman–Crippen MR) is 82.9 cm³/mol. The van der Waals surface area contributed by atoms with Gasteiger partial charge < -0.3 is 5.32 Å². The summed E-state index contributed by atoms with van der Waals surface area (Å²) in [5.41, 5.74) is 0.924. The summed E-state index contributed by atoms with van der Waals surface area (Å²) in [7, 11) is 0. The number of benzene rings is 2. The highest BCUT2D eigenvalue weighted by molar-refractivity contribution is 14.1. The van der Waals surface area contributed by atoms with Gasteiger partial charge >= 0.3 is 0 Å². The molecule has 0 aliphatic carbocycles. The minimum atomic E-state index is -0.467. The van der Waals surface area contributed by atoms with Gasteiger partial charge in [-0.2, -0.15) is 0 Å². The summed E-state index contributed by atoms with van der Waals surface area (Å²) < 4.78 is 14.5. The van der Waals surface area contributed by atoms with E-state index in [1.807, 2.05) is 18.2 Å². The second kappa shape index (κ2) is 6.34. The Labute approximate surface area is 129 Å². The molecule has 0 heterocycles. The number of halogens is 3. The van der Waals surface area contributed by atoms with E-state index in [-0.39, 0.29) is 22.9 Å². The lowest BCUT2D eigenvalue weighted by molar-refractivity contribution is -0.115. The van der Waals surface area contributed by atoms with Crippen LogP contribution in [0.4, 0.5) is 10.1 Å². The Morgan fingerprint density at radius 2 is 1.95 bits per heavy atom. The lowest BCUT2D eigenvalue weighted by Crippen LogP contribution is -2.16. The molecule has 0 aliphatic rings. The van der Waals surface area contributed by atoms with E-state index in [0.717, 1.165) is 3.57 Å². The summed E-state index contributed by atoms with van der Waals surface area (Å²) >= 11 is 8.01. The first-order valence-electron chi connectivity index (χ1n) is 5.55. The van der Waals surface area contributed by atoms with Crippen LogP contribution in [-0.2, 0) is 11.2 Å². The van der Waals surface area contributed by atoms with Crippen LogP contribution >= 0.6 is 34.2 Å². The third-order valence-electron chi connectivity index (χ3n) is 2.55. The van der Waals surface area contributed by atoms with Crippen molar-refractivity contribution in [1.82, 2.24) is 0 Å². The fourth-order valence-electron chi connectivity index (χ4n) is 1.62. The number of hydrogen-bond acceptors (Lipinski definition) is 1. The fourth-order valence-corrected chi connectivity index (χ4v) is 2.37. The largest absolute Gasteiger partial charge is 0.325 e. The van der Waals surface area contributed by atoms with E-state index in [2.05, 4.69) is 27.9 Å². The Morgan fingerprint density at radius 3 is 2.63 bits per heavy atom. The van der Waals surface area contributed by atoms with Crippen LogP contribution in [0, 0.1) is 9.39 Å². The number of hydrogen-bond donors (Lipinski definition) is 1. The van der Waals surface area contributed by atoms with Crippen LogP contribution in [0.25, 0.3) is 0 Å². The molecule has 2 nitrogen and oxygen atoms in total. The number of amides is 1. The summed E-state index contributed by atoms with van der Waals surface area (Å²) in [6, 6.07) is 11.8. The first kappa shape index (κ1) is 14.3. The molecule has 0 fully saturated rings. The van der Waals surface area contributed by atoms with Crippen LogP contribution in [0.1, 0.15) is 5.56 Å². The number of carbonyl (C=O) groups is 1. The van der Waals surface area contributed by atoms with Crippen molar-refractivity contribution >= 4 is 45.8 Å². The molecule has 0 unspecified atom stereocenters. The molecule has 0 saturated carbocycles. The van der Waals surface area contributed by atoms with Gasteiger partial charge in [0.05, 0.1) is 12.1 Å². The maximum Gasteiger partial charge on any atom is 0.228 e. The molecule has 98 valence electrons. The highest BCUT2D eigenvalue weighted by Crippen LogP contribution is 2.21. The van der Waals surface area contributed by atoms with Gasteiger partial charge in [0.2, 0.25) is 5.91 Å². The van der Waals surface area contributed by atoms with E-state index in [1.54, 1.807) is 12.1 Å². The van der Waals surface area contributed by atoms with E-state index in [0.29, 0.717) is 5.69 Å². The van der Waals surface area contributed by atoms with E-state index in [4.69, 9.17) is 11.6 Å². The van der Waals surface area contributed by atoms with Gasteiger partial charge in [0.1, 0.15) is 5.82 Å². The van der Waals surface area contributed by atoms with Crippen molar-refractivity contribution in [1.29, 1.82) is 0 Å². The smallest absolute Gasteiger partial charge is 0.228 e. The summed E-state index contributed by atoms with van der Waals surface area (Å²) in [6.45, 7) is 0. The van der Waals surface area contributed by atoms with Crippen LogP contribution in [0.2, 0.25) is 5.02 Å². The fraction of sp³-hybridized carbons (Fsp3) is 0.0714. The van der Waals surface area contributed by atoms with Crippen molar-refractivity contribution < 1.29 is 9.18 Å². The maximum absolute atomic E-state index is 13.6. The monoisotopic (exact) mass is 389 g/mol. The zero-order valence-corrected chi connectivity index (χ0v) is 12.7. The molecule has 2 aromatic carbocycles. The third-order valence-corrected chi connectivity index (χ3v) is 3.84. The maximum atomic E-state index is 13.6. The summed E-state index contributed by atoms with van der Waals surface area (Å²) in [5.74, 6) is -0.762. The number of anilines is 1. The zero-order valence-electron chi connectivity index (χ0n) is 9.79. The molecular formula is C14H10ClFINO. The number of rotatable bonds is 3. The lowest BCUT2D eigenvalue weighted by atomic mass is 10.1. The van der Waals surface area contributed by atoms with E-state index in [1.165, 1.54) is 12.1 Å². The summed E-state index contributed by atoms with van der Waals surface area (Å²) in [6.07, 6.45) is -0.0868. The van der Waals surface area contributed by atoms with Crippen molar-refractivity contribution in [2.75, 3.05) is 5.32 Å². The van der Waals surface area contributed by atoms with Gasteiger partial charge in [-0.25, -0.2) is 4.39 Å². The number of carbonyl (C=O) groups excluding carboxylic acids is 1. The third kappa shape index (κ3) is 3.67. The van der Waals surface area contributed by atoms with Gasteiger partial charge in [-0.05, 0) is 46.9 Å². The van der Waals surface area contributed by atoms with Crippen LogP contribution in [0.3, 0.4) is 0 Å². The highest BCUT2D eigenvalue weighted by Gasteiger charge is 2.12. The molecule has 2 rings (SSSR count). The average molecular weight is 390 g/mol. The molecule has 0 radical (unpaired) electrons. The molecule has 19 heavy (non-hydrogen) atoms. The standard InChI is InChI=1S/C14H10ClFINO/c15-10-4-3-5-11(16)9(10)8-14(19)18-13-7-2-1-6-12(13)17/h1-7H,8H2,(H,18,19). The summed E-state index contributed by atoms with van der Waals surface area (Å²) in [5, 5.41) is 3.00. The molecule has 0 saturated heterocycles. The topological polar surface area (TPSA) is 29.1 Å². The Bertz CT molecular complexity index is 598. The Hall–Kier alpha value is -1.14. The van der Waals surface area contributed by atoms with Crippen molar-refractivity contribution in [3.05, 3.63) is 62.4 Å². The second-order valence-corrected chi connectivity index (χ2v) is 5.47. The molecule has 5 heteroatoms. The quantitative estimate of drug-likeness (QED) is 0.781. The molecule has 2 aromatic rings. The van der Waals surface area contributed by atoms with Gasteiger partial charge in [0.25, 0.3) is 0 Å². The SMILES string of the molecule is O=C(Cc1c(F)cccc1Cl)Nc1ccccc1I. The molecule has 0 aliphatic heterocycles. The van der Waals surface area contributed by atoms with Gasteiger partial charge in [-0.3, -0.25) is 4.79 Å². The van der Waals surface area contributed by atoms with Crippen LogP contribution in [0.15, 0.2) is 42.5 Å². The summed E-state index contributed by atoms with van der Waals surface area (Å²) in [4.78, 5) is 11.9. The van der Waals surface area contributed by atoms with Crippen LogP contribution in [0.5, 0.6) is 0 Å². The van der Waals surface area contributed by atoms with Gasteiger partial charge in [-0.15, -0.1) is 0 Å². The molecule has 1 N–H and O–H groups in total. The minimum absolute atomic E-state index is 0.0868. The first-order chi connectivity index (χ1) is 9.08. The van der Waals surface area contributed by atoms with Gasteiger partial charge in [0, 0.05) is 14.2 Å². The van der Waals surface area contributed by atoms with E-state index >= 15 is 0 Å². The van der Waals surface area contributed by atoms with Crippen molar-refractivity contribution in [3.63, 3.8) is 0 Å².